The summed E-state index contributed by atoms with van der Waals surface area (Å²) in [5, 5.41) is 5.84. The van der Waals surface area contributed by atoms with Gasteiger partial charge in [-0.25, -0.2) is 18.5 Å². The fraction of sp³-hybridized carbons (Fsp3) is 0.700. The molecule has 1 aromatic heterocycles. The summed E-state index contributed by atoms with van der Waals surface area (Å²) in [5.74, 6) is 1.22. The molecule has 0 saturated carbocycles. The van der Waals surface area contributed by atoms with Crippen LogP contribution in [0.3, 0.4) is 0 Å². The van der Waals surface area contributed by atoms with Crippen LogP contribution >= 0.6 is 11.3 Å². The number of nitrogens with zero attached hydrogens (tertiary/aromatic N) is 2. The van der Waals surface area contributed by atoms with E-state index in [9.17, 15) is 8.42 Å². The minimum absolute atomic E-state index is 0.137. The van der Waals surface area contributed by atoms with E-state index in [2.05, 4.69) is 23.7 Å². The maximum absolute atomic E-state index is 11.2. The van der Waals surface area contributed by atoms with E-state index in [0.717, 1.165) is 29.6 Å². The van der Waals surface area contributed by atoms with Gasteiger partial charge < -0.3 is 4.90 Å². The van der Waals surface area contributed by atoms with Crippen molar-refractivity contribution in [3.8, 4) is 0 Å². The molecule has 2 heterocycles. The van der Waals surface area contributed by atoms with Crippen LogP contribution in [-0.2, 0) is 10.0 Å². The van der Waals surface area contributed by atoms with Crippen LogP contribution in [0.2, 0.25) is 0 Å². The predicted octanol–water partition coefficient (Wildman–Crippen LogP) is 1.27. The Bertz CT molecular complexity index is 487. The van der Waals surface area contributed by atoms with Crippen molar-refractivity contribution in [2.24, 2.45) is 17.0 Å². The maximum atomic E-state index is 11.2. The van der Waals surface area contributed by atoms with Crippen LogP contribution in [0.1, 0.15) is 20.3 Å². The fourth-order valence-electron chi connectivity index (χ4n) is 2.35. The molecule has 1 aliphatic rings. The van der Waals surface area contributed by atoms with Crippen molar-refractivity contribution >= 4 is 26.5 Å². The first-order valence-corrected chi connectivity index (χ1v) is 7.96. The Balaban J connectivity index is 2.20. The van der Waals surface area contributed by atoms with Crippen LogP contribution in [0.15, 0.2) is 10.4 Å². The third-order valence-electron chi connectivity index (χ3n) is 2.89. The molecule has 0 radical (unpaired) electrons. The van der Waals surface area contributed by atoms with Crippen LogP contribution in [-0.4, -0.2) is 26.5 Å². The van der Waals surface area contributed by atoms with Crippen molar-refractivity contribution in [1.29, 1.82) is 0 Å². The first-order chi connectivity index (χ1) is 7.86. The molecule has 1 fully saturated rings. The number of sulfonamides is 1. The molecule has 1 aliphatic heterocycles. The van der Waals surface area contributed by atoms with E-state index >= 15 is 0 Å². The molecule has 2 atom stereocenters. The lowest BCUT2D eigenvalue weighted by atomic mass is 9.92. The first-order valence-electron chi connectivity index (χ1n) is 5.60. The lowest BCUT2D eigenvalue weighted by molar-refractivity contribution is 0.356. The number of nitrogens with two attached hydrogens (primary N) is 1. The molecule has 96 valence electrons. The Hall–Kier alpha value is -0.660. The molecule has 17 heavy (non-hydrogen) atoms. The zero-order valence-electron chi connectivity index (χ0n) is 9.96. The molecular formula is C10H17N3O2S2. The second kappa shape index (κ2) is 4.55. The van der Waals surface area contributed by atoms with E-state index in [1.807, 2.05) is 0 Å². The lowest BCUT2D eigenvalue weighted by Crippen LogP contribution is -2.38. The summed E-state index contributed by atoms with van der Waals surface area (Å²) in [4.78, 5) is 6.31. The third kappa shape index (κ3) is 2.97. The van der Waals surface area contributed by atoms with Gasteiger partial charge in [0.2, 0.25) is 10.0 Å². The zero-order chi connectivity index (χ0) is 12.6. The van der Waals surface area contributed by atoms with Crippen molar-refractivity contribution in [2.45, 2.75) is 24.5 Å². The lowest BCUT2D eigenvalue weighted by Gasteiger charge is -2.34. The molecule has 1 saturated heterocycles. The molecule has 2 rings (SSSR count). The van der Waals surface area contributed by atoms with E-state index in [-0.39, 0.29) is 4.21 Å². The van der Waals surface area contributed by atoms with Gasteiger partial charge in [0.15, 0.2) is 9.34 Å². The summed E-state index contributed by atoms with van der Waals surface area (Å²) in [5.41, 5.74) is 0. The number of thiazole rings is 1. The highest BCUT2D eigenvalue weighted by Crippen LogP contribution is 2.30. The summed E-state index contributed by atoms with van der Waals surface area (Å²) in [6.07, 6.45) is 2.56. The van der Waals surface area contributed by atoms with Crippen molar-refractivity contribution < 1.29 is 8.42 Å². The highest BCUT2D eigenvalue weighted by molar-refractivity contribution is 7.91. The SMILES string of the molecule is CC1CC(C)CN(c2ncc(S(N)(=O)=O)s2)C1. The predicted molar refractivity (Wildman–Crippen MR) is 68.6 cm³/mol. The van der Waals surface area contributed by atoms with Crippen LogP contribution in [0.5, 0.6) is 0 Å². The Morgan fingerprint density at radius 3 is 2.47 bits per heavy atom. The van der Waals surface area contributed by atoms with E-state index in [1.54, 1.807) is 0 Å². The van der Waals surface area contributed by atoms with Gasteiger partial charge in [0.25, 0.3) is 0 Å². The van der Waals surface area contributed by atoms with Gasteiger partial charge in [-0.05, 0) is 18.3 Å². The summed E-state index contributed by atoms with van der Waals surface area (Å²) < 4.78 is 22.5. The van der Waals surface area contributed by atoms with Gasteiger partial charge in [-0.1, -0.05) is 25.2 Å². The molecule has 2 unspecified atom stereocenters. The molecule has 2 N–H and O–H groups in total. The monoisotopic (exact) mass is 275 g/mol. The number of primary sulfonamides is 1. The highest BCUT2D eigenvalue weighted by Gasteiger charge is 2.24. The second-order valence-corrected chi connectivity index (χ2v) is 7.66. The standard InChI is InChI=1S/C10H17N3O2S2/c1-7-3-8(2)6-13(5-7)10-12-4-9(16-10)17(11,14)15/h4,7-8H,3,5-6H2,1-2H3,(H2,11,14,15). The van der Waals surface area contributed by atoms with E-state index in [4.69, 9.17) is 5.14 Å². The summed E-state index contributed by atoms with van der Waals surface area (Å²) >= 11 is 1.15. The van der Waals surface area contributed by atoms with Gasteiger partial charge >= 0.3 is 0 Å². The number of hydrogen-bond acceptors (Lipinski definition) is 5. The minimum Gasteiger partial charge on any atom is -0.348 e. The minimum atomic E-state index is -3.62. The number of rotatable bonds is 2. The Labute approximate surface area is 106 Å². The van der Waals surface area contributed by atoms with Gasteiger partial charge in [-0.15, -0.1) is 0 Å². The number of aromatic nitrogens is 1. The molecule has 1 aromatic rings. The Morgan fingerprint density at radius 2 is 2.00 bits per heavy atom. The molecule has 0 aliphatic carbocycles. The third-order valence-corrected chi connectivity index (χ3v) is 5.36. The largest absolute Gasteiger partial charge is 0.348 e. The molecule has 0 spiro atoms. The van der Waals surface area contributed by atoms with E-state index < -0.39 is 10.0 Å². The number of hydrogen-bond donors (Lipinski definition) is 1. The topological polar surface area (TPSA) is 76.3 Å². The Kier molecular flexibility index (Phi) is 3.42. The maximum Gasteiger partial charge on any atom is 0.249 e. The highest BCUT2D eigenvalue weighted by atomic mass is 32.2. The van der Waals surface area contributed by atoms with E-state index in [1.165, 1.54) is 12.6 Å². The second-order valence-electron chi connectivity index (χ2n) is 4.86. The Morgan fingerprint density at radius 1 is 1.41 bits per heavy atom. The average Bonchev–Trinajstić information content (AvgIpc) is 2.63. The number of anilines is 1. The van der Waals surface area contributed by atoms with Crippen molar-refractivity contribution in [2.75, 3.05) is 18.0 Å². The van der Waals surface area contributed by atoms with Crippen LogP contribution in [0.25, 0.3) is 0 Å². The zero-order valence-corrected chi connectivity index (χ0v) is 11.6. The summed E-state index contributed by atoms with van der Waals surface area (Å²) in [6.45, 7) is 6.28. The molecular weight excluding hydrogens is 258 g/mol. The van der Waals surface area contributed by atoms with Gasteiger partial charge in [0, 0.05) is 13.1 Å². The van der Waals surface area contributed by atoms with Gasteiger partial charge in [0.05, 0.1) is 6.20 Å². The number of piperidine rings is 1. The summed E-state index contributed by atoms with van der Waals surface area (Å²) in [6, 6.07) is 0. The molecule has 5 nitrogen and oxygen atoms in total. The molecule has 0 amide bonds. The van der Waals surface area contributed by atoms with Crippen molar-refractivity contribution in [3.05, 3.63) is 6.20 Å². The van der Waals surface area contributed by atoms with Crippen LogP contribution in [0.4, 0.5) is 5.13 Å². The quantitative estimate of drug-likeness (QED) is 0.882. The van der Waals surface area contributed by atoms with Crippen LogP contribution < -0.4 is 10.0 Å². The van der Waals surface area contributed by atoms with Crippen LogP contribution in [0, 0.1) is 11.8 Å². The van der Waals surface area contributed by atoms with Gasteiger partial charge in [-0.2, -0.15) is 0 Å². The van der Waals surface area contributed by atoms with Gasteiger partial charge in [0.1, 0.15) is 0 Å². The average molecular weight is 275 g/mol. The van der Waals surface area contributed by atoms with Gasteiger partial charge in [-0.3, -0.25) is 0 Å². The molecule has 0 aromatic carbocycles. The normalized spacial score (nSPS) is 26.2. The van der Waals surface area contributed by atoms with Crippen molar-refractivity contribution in [3.63, 3.8) is 0 Å². The molecule has 0 bridgehead atoms. The summed E-state index contributed by atoms with van der Waals surface area (Å²) in [7, 11) is -3.62. The molecule has 7 heteroatoms. The van der Waals surface area contributed by atoms with Crippen molar-refractivity contribution in [1.82, 2.24) is 4.98 Å². The smallest absolute Gasteiger partial charge is 0.249 e. The van der Waals surface area contributed by atoms with E-state index in [0.29, 0.717) is 11.8 Å². The first kappa shape index (κ1) is 12.8. The fourth-order valence-corrected chi connectivity index (χ4v) is 3.90.